The number of alkyl halides is 3. The first-order valence-electron chi connectivity index (χ1n) is 11.3. The number of rotatable bonds is 4. The molecule has 5 rings (SSSR count). The lowest BCUT2D eigenvalue weighted by Crippen LogP contribution is -2.36. The molecular weight excluding hydrogens is 471 g/mol. The molecule has 2 heterocycles. The fraction of sp³-hybridized carbons (Fsp3) is 0.192. The van der Waals surface area contributed by atoms with Crippen LogP contribution in [0.1, 0.15) is 5.56 Å². The second kappa shape index (κ2) is 9.82. The summed E-state index contributed by atoms with van der Waals surface area (Å²) in [6.45, 7) is 2.90. The highest BCUT2D eigenvalue weighted by atomic mass is 19.4. The highest BCUT2D eigenvalue weighted by Gasteiger charge is 2.30. The van der Waals surface area contributed by atoms with E-state index in [0.29, 0.717) is 18.9 Å². The Labute approximate surface area is 204 Å². The quantitative estimate of drug-likeness (QED) is 0.376. The average Bonchev–Trinajstić information content (AvgIpc) is 2.89. The third-order valence-corrected chi connectivity index (χ3v) is 5.81. The number of morpholine rings is 1. The molecule has 1 aromatic heterocycles. The van der Waals surface area contributed by atoms with Crippen molar-refractivity contribution < 1.29 is 22.7 Å². The second-order valence-corrected chi connectivity index (χ2v) is 8.26. The summed E-state index contributed by atoms with van der Waals surface area (Å²) >= 11 is 0. The van der Waals surface area contributed by atoms with Crippen LogP contribution in [0.3, 0.4) is 0 Å². The summed E-state index contributed by atoms with van der Waals surface area (Å²) in [6.07, 6.45) is -2.64. The SMILES string of the molecule is O=C(Nc1ccc(-c2ccc3ncc(N4CCOCC4)nc3c2)cc1)Nc1ccc(C(F)(F)F)cc1. The van der Waals surface area contributed by atoms with Crippen molar-refractivity contribution in [2.45, 2.75) is 6.18 Å². The van der Waals surface area contributed by atoms with E-state index in [2.05, 4.69) is 20.5 Å². The summed E-state index contributed by atoms with van der Waals surface area (Å²) < 4.78 is 43.5. The molecule has 4 aromatic rings. The number of nitrogens with zero attached hydrogens (tertiary/aromatic N) is 3. The van der Waals surface area contributed by atoms with E-state index in [4.69, 9.17) is 9.72 Å². The minimum absolute atomic E-state index is 0.255. The van der Waals surface area contributed by atoms with Gasteiger partial charge in [-0.3, -0.25) is 4.98 Å². The van der Waals surface area contributed by atoms with Gasteiger partial charge in [-0.2, -0.15) is 13.2 Å². The molecule has 1 aliphatic rings. The number of carbonyl (C=O) groups is 1. The monoisotopic (exact) mass is 493 g/mol. The second-order valence-electron chi connectivity index (χ2n) is 8.26. The Bertz CT molecular complexity index is 1370. The van der Waals surface area contributed by atoms with Crippen molar-refractivity contribution in [2.24, 2.45) is 0 Å². The minimum atomic E-state index is -4.43. The van der Waals surface area contributed by atoms with E-state index in [-0.39, 0.29) is 5.69 Å². The molecule has 2 N–H and O–H groups in total. The van der Waals surface area contributed by atoms with Gasteiger partial charge in [0, 0.05) is 24.5 Å². The number of anilines is 3. The summed E-state index contributed by atoms with van der Waals surface area (Å²) in [4.78, 5) is 23.7. The van der Waals surface area contributed by atoms with Gasteiger partial charge in [0.2, 0.25) is 0 Å². The minimum Gasteiger partial charge on any atom is -0.378 e. The van der Waals surface area contributed by atoms with Crippen molar-refractivity contribution in [3.8, 4) is 11.1 Å². The number of hydrogen-bond acceptors (Lipinski definition) is 5. The highest BCUT2D eigenvalue weighted by Crippen LogP contribution is 2.30. The molecular formula is C26H22F3N5O2. The van der Waals surface area contributed by atoms with Crippen molar-refractivity contribution in [1.82, 2.24) is 9.97 Å². The van der Waals surface area contributed by atoms with E-state index < -0.39 is 17.8 Å². The van der Waals surface area contributed by atoms with Crippen molar-refractivity contribution >= 4 is 34.3 Å². The number of carbonyl (C=O) groups excluding carboxylic acids is 1. The zero-order chi connectivity index (χ0) is 25.1. The van der Waals surface area contributed by atoms with E-state index >= 15 is 0 Å². The van der Waals surface area contributed by atoms with E-state index in [1.807, 2.05) is 30.3 Å². The molecule has 2 amide bonds. The molecule has 7 nitrogen and oxygen atoms in total. The van der Waals surface area contributed by atoms with Crippen molar-refractivity contribution in [1.29, 1.82) is 0 Å². The molecule has 1 fully saturated rings. The van der Waals surface area contributed by atoms with E-state index in [9.17, 15) is 18.0 Å². The summed E-state index contributed by atoms with van der Waals surface area (Å²) in [5.41, 5.74) is 3.50. The Morgan fingerprint density at radius 1 is 0.833 bits per heavy atom. The number of nitrogens with one attached hydrogen (secondary N) is 2. The van der Waals surface area contributed by atoms with Crippen molar-refractivity contribution in [3.63, 3.8) is 0 Å². The average molecular weight is 493 g/mol. The Kier molecular flexibility index (Phi) is 6.43. The number of ether oxygens (including phenoxy) is 1. The van der Waals surface area contributed by atoms with Crippen molar-refractivity contribution in [2.75, 3.05) is 41.8 Å². The molecule has 0 bridgehead atoms. The van der Waals surface area contributed by atoms with Crippen LogP contribution < -0.4 is 15.5 Å². The van der Waals surface area contributed by atoms with Gasteiger partial charge in [-0.05, 0) is 59.7 Å². The Morgan fingerprint density at radius 2 is 1.44 bits per heavy atom. The predicted molar refractivity (Wildman–Crippen MR) is 132 cm³/mol. The predicted octanol–water partition coefficient (Wildman–Crippen LogP) is 5.80. The maximum absolute atomic E-state index is 12.7. The summed E-state index contributed by atoms with van der Waals surface area (Å²) in [6, 6.07) is 16.8. The van der Waals surface area contributed by atoms with Gasteiger partial charge in [0.15, 0.2) is 0 Å². The summed E-state index contributed by atoms with van der Waals surface area (Å²) in [5, 5.41) is 5.20. The number of benzene rings is 3. The molecule has 10 heteroatoms. The third kappa shape index (κ3) is 5.38. The van der Waals surface area contributed by atoms with Gasteiger partial charge in [0.25, 0.3) is 0 Å². The Hall–Kier alpha value is -4.18. The number of amides is 2. The summed E-state index contributed by atoms with van der Waals surface area (Å²) in [5.74, 6) is 0.821. The molecule has 36 heavy (non-hydrogen) atoms. The normalized spacial score (nSPS) is 14.0. The molecule has 0 radical (unpaired) electrons. The fourth-order valence-corrected chi connectivity index (χ4v) is 3.91. The van der Waals surface area contributed by atoms with Crippen LogP contribution in [0.15, 0.2) is 72.9 Å². The first-order chi connectivity index (χ1) is 17.3. The van der Waals surface area contributed by atoms with Gasteiger partial charge in [-0.15, -0.1) is 0 Å². The van der Waals surface area contributed by atoms with Crippen LogP contribution in [-0.2, 0) is 10.9 Å². The van der Waals surface area contributed by atoms with E-state index in [1.54, 1.807) is 18.3 Å². The van der Waals surface area contributed by atoms with Gasteiger partial charge in [0.05, 0.1) is 36.0 Å². The molecule has 0 spiro atoms. The van der Waals surface area contributed by atoms with Crippen LogP contribution in [0.4, 0.5) is 35.2 Å². The van der Waals surface area contributed by atoms with Gasteiger partial charge in [0.1, 0.15) is 5.82 Å². The Balaban J connectivity index is 1.26. The molecule has 3 aromatic carbocycles. The Morgan fingerprint density at radius 3 is 2.08 bits per heavy atom. The lowest BCUT2D eigenvalue weighted by molar-refractivity contribution is -0.137. The molecule has 184 valence electrons. The number of fused-ring (bicyclic) bond motifs is 1. The van der Waals surface area contributed by atoms with Crippen LogP contribution in [-0.4, -0.2) is 42.3 Å². The zero-order valence-corrected chi connectivity index (χ0v) is 19.0. The van der Waals surface area contributed by atoms with E-state index in [1.165, 1.54) is 12.1 Å². The van der Waals surface area contributed by atoms with E-state index in [0.717, 1.165) is 53.2 Å². The van der Waals surface area contributed by atoms with Crippen LogP contribution in [0.25, 0.3) is 22.2 Å². The molecule has 0 unspecified atom stereocenters. The standard InChI is InChI=1S/C26H22F3N5O2/c27-26(28,29)19-4-8-21(9-5-19)32-25(35)31-20-6-1-17(2-7-20)18-3-10-22-23(15-18)33-24(16-30-22)34-11-13-36-14-12-34/h1-10,15-16H,11-14H2,(H2,31,32,35). The number of urea groups is 1. The number of aromatic nitrogens is 2. The molecule has 0 saturated carbocycles. The first kappa shape index (κ1) is 23.6. The smallest absolute Gasteiger partial charge is 0.378 e. The van der Waals surface area contributed by atoms with Crippen molar-refractivity contribution in [3.05, 3.63) is 78.5 Å². The van der Waals surface area contributed by atoms with Gasteiger partial charge >= 0.3 is 12.2 Å². The summed E-state index contributed by atoms with van der Waals surface area (Å²) in [7, 11) is 0. The third-order valence-electron chi connectivity index (χ3n) is 5.81. The van der Waals surface area contributed by atoms with Gasteiger partial charge < -0.3 is 20.3 Å². The first-order valence-corrected chi connectivity index (χ1v) is 11.3. The molecule has 1 aliphatic heterocycles. The van der Waals surface area contributed by atoms with Gasteiger partial charge in [-0.25, -0.2) is 9.78 Å². The number of hydrogen-bond donors (Lipinski definition) is 2. The van der Waals surface area contributed by atoms with Crippen LogP contribution in [0.2, 0.25) is 0 Å². The van der Waals surface area contributed by atoms with Gasteiger partial charge in [-0.1, -0.05) is 18.2 Å². The van der Waals surface area contributed by atoms with Crippen LogP contribution >= 0.6 is 0 Å². The van der Waals surface area contributed by atoms with Crippen LogP contribution in [0, 0.1) is 0 Å². The molecule has 0 aliphatic carbocycles. The van der Waals surface area contributed by atoms with Crippen LogP contribution in [0.5, 0.6) is 0 Å². The molecule has 0 atom stereocenters. The topological polar surface area (TPSA) is 79.4 Å². The lowest BCUT2D eigenvalue weighted by atomic mass is 10.0. The number of halogens is 3. The molecule has 1 saturated heterocycles. The largest absolute Gasteiger partial charge is 0.416 e. The fourth-order valence-electron chi connectivity index (χ4n) is 3.91. The highest BCUT2D eigenvalue weighted by molar-refractivity contribution is 5.99. The maximum Gasteiger partial charge on any atom is 0.416 e. The lowest BCUT2D eigenvalue weighted by Gasteiger charge is -2.27. The maximum atomic E-state index is 12.7. The zero-order valence-electron chi connectivity index (χ0n) is 19.0.